The summed E-state index contributed by atoms with van der Waals surface area (Å²) >= 11 is 0. The molecule has 2 aliphatic rings. The molecule has 2 aromatic rings. The maximum atomic E-state index is 12.4. The van der Waals surface area contributed by atoms with Crippen molar-refractivity contribution in [3.05, 3.63) is 46.6 Å². The first-order valence-electron chi connectivity index (χ1n) is 11.3. The predicted molar refractivity (Wildman–Crippen MR) is 136 cm³/mol. The quantitative estimate of drug-likeness (QED) is 0.244. The van der Waals surface area contributed by atoms with E-state index in [1.165, 1.54) is 5.69 Å². The summed E-state index contributed by atoms with van der Waals surface area (Å²) in [6, 6.07) is 10.9. The Labute approximate surface area is 201 Å². The molecule has 3 heterocycles. The van der Waals surface area contributed by atoms with Gasteiger partial charge in [0.25, 0.3) is 0 Å². The lowest BCUT2D eigenvalue weighted by atomic mass is 10.2. The molecular formula is C22H34IN7O. The summed E-state index contributed by atoms with van der Waals surface area (Å²) < 4.78 is 3.45. The molecule has 170 valence electrons. The van der Waals surface area contributed by atoms with Gasteiger partial charge in [0.2, 0.25) is 0 Å². The molecule has 4 rings (SSSR count). The summed E-state index contributed by atoms with van der Waals surface area (Å²) in [5.41, 5.74) is 1.31. The van der Waals surface area contributed by atoms with Crippen molar-refractivity contribution in [2.45, 2.75) is 58.2 Å². The van der Waals surface area contributed by atoms with Gasteiger partial charge in [0.1, 0.15) is 5.82 Å². The van der Waals surface area contributed by atoms with Gasteiger partial charge in [-0.05, 0) is 44.7 Å². The van der Waals surface area contributed by atoms with Gasteiger partial charge in [0.15, 0.2) is 5.96 Å². The van der Waals surface area contributed by atoms with Crippen molar-refractivity contribution in [1.82, 2.24) is 25.0 Å². The molecule has 2 aliphatic heterocycles. The van der Waals surface area contributed by atoms with Crippen LogP contribution in [0, 0.1) is 0 Å². The summed E-state index contributed by atoms with van der Waals surface area (Å²) in [5.74, 6) is 1.79. The molecule has 0 amide bonds. The van der Waals surface area contributed by atoms with Crippen LogP contribution in [0.2, 0.25) is 0 Å². The number of nitrogens with one attached hydrogen (secondary N) is 2. The lowest BCUT2D eigenvalue weighted by Gasteiger charge is -2.20. The van der Waals surface area contributed by atoms with Crippen molar-refractivity contribution in [2.24, 2.45) is 4.99 Å². The Morgan fingerprint density at radius 2 is 2.06 bits per heavy atom. The number of hydrogen-bond acceptors (Lipinski definition) is 4. The zero-order chi connectivity index (χ0) is 20.8. The number of hydrogen-bond donors (Lipinski definition) is 2. The number of aryl methyl sites for hydroxylation is 2. The largest absolute Gasteiger partial charge is 0.369 e. The lowest BCUT2D eigenvalue weighted by molar-refractivity contribution is 0.509. The van der Waals surface area contributed by atoms with Gasteiger partial charge in [0, 0.05) is 57.4 Å². The lowest BCUT2D eigenvalue weighted by Crippen LogP contribution is -2.44. The second kappa shape index (κ2) is 11.5. The van der Waals surface area contributed by atoms with Gasteiger partial charge in [-0.1, -0.05) is 18.2 Å². The van der Waals surface area contributed by atoms with Gasteiger partial charge < -0.3 is 15.5 Å². The third kappa shape index (κ3) is 6.02. The van der Waals surface area contributed by atoms with Gasteiger partial charge in [-0.15, -0.1) is 24.0 Å². The van der Waals surface area contributed by atoms with E-state index < -0.39 is 0 Å². The smallest absolute Gasteiger partial charge is 0.345 e. The molecule has 8 nitrogen and oxygen atoms in total. The fourth-order valence-corrected chi connectivity index (χ4v) is 4.27. The minimum Gasteiger partial charge on any atom is -0.369 e. The standard InChI is InChI=1S/C22H33N7O.HI/c1-2-23-21(25-18-12-16-27(17-18)19-9-4-3-5-10-19)24-13-8-15-29-22(30)28-14-7-6-11-20(28)26-29;/h3-5,9-10,18H,2,6-8,11-17H2,1H3,(H2,23,24,25);1H. The number of halogens is 1. The Morgan fingerprint density at radius 1 is 1.23 bits per heavy atom. The Hall–Kier alpha value is -2.04. The summed E-state index contributed by atoms with van der Waals surface area (Å²) in [5, 5.41) is 11.4. The normalized spacial score (nSPS) is 18.4. The second-order valence-electron chi connectivity index (χ2n) is 8.06. The maximum absolute atomic E-state index is 12.4. The molecule has 2 N–H and O–H groups in total. The molecule has 0 radical (unpaired) electrons. The van der Waals surface area contributed by atoms with Crippen LogP contribution in [0.1, 0.15) is 38.4 Å². The van der Waals surface area contributed by atoms with E-state index in [1.807, 2.05) is 4.57 Å². The van der Waals surface area contributed by atoms with Crippen LogP contribution in [0.4, 0.5) is 5.69 Å². The van der Waals surface area contributed by atoms with Crippen molar-refractivity contribution in [2.75, 3.05) is 31.1 Å². The molecule has 1 atom stereocenters. The van der Waals surface area contributed by atoms with Gasteiger partial charge in [-0.25, -0.2) is 9.48 Å². The Balaban J connectivity index is 0.00000272. The topological polar surface area (TPSA) is 79.5 Å². The number of guanidine groups is 1. The number of aromatic nitrogens is 3. The van der Waals surface area contributed by atoms with Crippen molar-refractivity contribution >= 4 is 35.6 Å². The first-order valence-corrected chi connectivity index (χ1v) is 11.3. The Bertz CT molecular complexity index is 908. The van der Waals surface area contributed by atoms with E-state index >= 15 is 0 Å². The molecule has 0 saturated carbocycles. The number of fused-ring (bicyclic) bond motifs is 1. The first-order chi connectivity index (χ1) is 14.7. The average Bonchev–Trinajstić information content (AvgIpc) is 3.37. The van der Waals surface area contributed by atoms with Crippen LogP contribution in [0.5, 0.6) is 0 Å². The zero-order valence-corrected chi connectivity index (χ0v) is 20.6. The van der Waals surface area contributed by atoms with Crippen LogP contribution in [0.3, 0.4) is 0 Å². The van der Waals surface area contributed by atoms with Crippen LogP contribution >= 0.6 is 24.0 Å². The Kier molecular flexibility index (Phi) is 8.79. The van der Waals surface area contributed by atoms with E-state index in [4.69, 9.17) is 4.99 Å². The minimum absolute atomic E-state index is 0. The average molecular weight is 539 g/mol. The fraction of sp³-hybridized carbons (Fsp3) is 0.591. The van der Waals surface area contributed by atoms with Crippen LogP contribution in [0.25, 0.3) is 0 Å². The molecular weight excluding hydrogens is 505 g/mol. The number of nitrogens with zero attached hydrogens (tertiary/aromatic N) is 5. The first kappa shape index (κ1) is 23.6. The summed E-state index contributed by atoms with van der Waals surface area (Å²) in [7, 11) is 0. The highest BCUT2D eigenvalue weighted by molar-refractivity contribution is 14.0. The van der Waals surface area contributed by atoms with Crippen molar-refractivity contribution in [3.8, 4) is 0 Å². The van der Waals surface area contributed by atoms with Gasteiger partial charge >= 0.3 is 5.69 Å². The second-order valence-corrected chi connectivity index (χ2v) is 8.06. The van der Waals surface area contributed by atoms with E-state index in [0.29, 0.717) is 19.1 Å². The van der Waals surface area contributed by atoms with E-state index in [0.717, 1.165) is 70.1 Å². The SMILES string of the molecule is CCNC(=NCCCn1nc2n(c1=O)CCCC2)NC1CCN(c2ccccc2)C1.I. The highest BCUT2D eigenvalue weighted by Gasteiger charge is 2.23. The monoisotopic (exact) mass is 539 g/mol. The number of benzene rings is 1. The highest BCUT2D eigenvalue weighted by Crippen LogP contribution is 2.19. The van der Waals surface area contributed by atoms with Crippen LogP contribution < -0.4 is 21.2 Å². The molecule has 1 fully saturated rings. The summed E-state index contributed by atoms with van der Waals surface area (Å²) in [4.78, 5) is 19.6. The van der Waals surface area contributed by atoms with Crippen LogP contribution in [-0.2, 0) is 19.5 Å². The van der Waals surface area contributed by atoms with Crippen LogP contribution in [-0.4, -0.2) is 52.5 Å². The van der Waals surface area contributed by atoms with Gasteiger partial charge in [0.05, 0.1) is 0 Å². The molecule has 0 spiro atoms. The van der Waals surface area contributed by atoms with Crippen molar-refractivity contribution in [3.63, 3.8) is 0 Å². The van der Waals surface area contributed by atoms with Gasteiger partial charge in [-0.2, -0.15) is 5.10 Å². The third-order valence-electron chi connectivity index (χ3n) is 5.82. The predicted octanol–water partition coefficient (Wildman–Crippen LogP) is 2.22. The van der Waals surface area contributed by atoms with Crippen molar-refractivity contribution < 1.29 is 0 Å². The van der Waals surface area contributed by atoms with E-state index in [1.54, 1.807) is 4.68 Å². The van der Waals surface area contributed by atoms with Crippen molar-refractivity contribution in [1.29, 1.82) is 0 Å². The molecule has 31 heavy (non-hydrogen) atoms. The van der Waals surface area contributed by atoms with E-state index in [9.17, 15) is 4.79 Å². The molecule has 9 heteroatoms. The van der Waals surface area contributed by atoms with E-state index in [2.05, 4.69) is 57.9 Å². The van der Waals surface area contributed by atoms with E-state index in [-0.39, 0.29) is 29.7 Å². The number of rotatable bonds is 7. The number of para-hydroxylation sites is 1. The molecule has 1 aromatic heterocycles. The van der Waals surface area contributed by atoms with Crippen LogP contribution in [0.15, 0.2) is 40.1 Å². The molecule has 0 bridgehead atoms. The molecule has 1 aromatic carbocycles. The fourth-order valence-electron chi connectivity index (χ4n) is 4.27. The summed E-state index contributed by atoms with van der Waals surface area (Å²) in [6.45, 7) is 7.03. The minimum atomic E-state index is 0. The Morgan fingerprint density at radius 3 is 2.84 bits per heavy atom. The number of aliphatic imine (C=N–C) groups is 1. The third-order valence-corrected chi connectivity index (χ3v) is 5.82. The van der Waals surface area contributed by atoms with Gasteiger partial charge in [-0.3, -0.25) is 9.56 Å². The molecule has 1 saturated heterocycles. The number of anilines is 1. The highest BCUT2D eigenvalue weighted by atomic mass is 127. The maximum Gasteiger partial charge on any atom is 0.345 e. The molecule has 1 unspecified atom stereocenters. The molecule has 0 aliphatic carbocycles. The zero-order valence-electron chi connectivity index (χ0n) is 18.3. The summed E-state index contributed by atoms with van der Waals surface area (Å²) in [6.07, 6.45) is 5.00.